The van der Waals surface area contributed by atoms with Crippen molar-refractivity contribution in [1.29, 1.82) is 0 Å². The number of rotatable bonds is 3. The van der Waals surface area contributed by atoms with E-state index in [0.29, 0.717) is 17.6 Å². The molecule has 0 atom stereocenters. The molecule has 0 aliphatic heterocycles. The average Bonchev–Trinajstić information content (AvgIpc) is 3.02. The molecular formula is C16H10ClN3OS. The van der Waals surface area contributed by atoms with Gasteiger partial charge in [-0.25, -0.2) is 15.0 Å². The van der Waals surface area contributed by atoms with Gasteiger partial charge in [0.15, 0.2) is 0 Å². The minimum absolute atomic E-state index is 0.318. The number of aromatic nitrogens is 3. The van der Waals surface area contributed by atoms with Gasteiger partial charge < -0.3 is 4.74 Å². The first-order chi connectivity index (χ1) is 10.8. The summed E-state index contributed by atoms with van der Waals surface area (Å²) >= 11 is 7.80. The molecular weight excluding hydrogens is 318 g/mol. The van der Waals surface area contributed by atoms with Gasteiger partial charge in [0, 0.05) is 10.9 Å². The molecule has 0 spiro atoms. The fourth-order valence-corrected chi connectivity index (χ4v) is 3.19. The smallest absolute Gasteiger partial charge is 0.225 e. The predicted molar refractivity (Wildman–Crippen MR) is 88.5 cm³/mol. The van der Waals surface area contributed by atoms with Gasteiger partial charge in [0.25, 0.3) is 0 Å². The molecule has 4 nitrogen and oxygen atoms in total. The number of ether oxygens (including phenoxy) is 1. The number of nitrogens with zero attached hydrogens (tertiary/aromatic N) is 3. The standard InChI is InChI=1S/C16H10ClN3OS/c17-14-11(7-10-3-1-2-4-13(10)20-14)8-21-15-12-5-6-22-16(12)19-9-18-15/h1-7,9H,8H2. The van der Waals surface area contributed by atoms with Crippen LogP contribution in [0, 0.1) is 0 Å². The molecule has 3 heterocycles. The Balaban J connectivity index is 1.66. The highest BCUT2D eigenvalue weighted by molar-refractivity contribution is 7.16. The van der Waals surface area contributed by atoms with Gasteiger partial charge in [0.05, 0.1) is 10.9 Å². The Labute approximate surface area is 135 Å². The first kappa shape index (κ1) is 13.4. The molecule has 0 saturated heterocycles. The molecule has 0 N–H and O–H groups in total. The summed E-state index contributed by atoms with van der Waals surface area (Å²) in [6.45, 7) is 0.318. The molecule has 0 aliphatic carbocycles. The lowest BCUT2D eigenvalue weighted by Gasteiger charge is -2.08. The SMILES string of the molecule is Clc1nc2ccccc2cc1COc1ncnc2sccc12. The third-order valence-electron chi connectivity index (χ3n) is 3.34. The molecule has 0 unspecified atom stereocenters. The van der Waals surface area contributed by atoms with Crippen molar-refractivity contribution >= 4 is 44.1 Å². The van der Waals surface area contributed by atoms with Gasteiger partial charge in [0.1, 0.15) is 22.9 Å². The minimum atomic E-state index is 0.318. The van der Waals surface area contributed by atoms with Crippen molar-refractivity contribution < 1.29 is 4.74 Å². The summed E-state index contributed by atoms with van der Waals surface area (Å²) in [6, 6.07) is 11.8. The molecule has 0 aliphatic rings. The summed E-state index contributed by atoms with van der Waals surface area (Å²) in [6.07, 6.45) is 1.51. The second-order valence-electron chi connectivity index (χ2n) is 4.74. The number of pyridine rings is 1. The first-order valence-corrected chi connectivity index (χ1v) is 7.92. The number of hydrogen-bond donors (Lipinski definition) is 0. The number of fused-ring (bicyclic) bond motifs is 2. The molecule has 22 heavy (non-hydrogen) atoms. The van der Waals surface area contributed by atoms with Crippen molar-refractivity contribution in [2.24, 2.45) is 0 Å². The monoisotopic (exact) mass is 327 g/mol. The molecule has 0 radical (unpaired) electrons. The normalized spacial score (nSPS) is 11.1. The Morgan fingerprint density at radius 2 is 2.05 bits per heavy atom. The number of hydrogen-bond acceptors (Lipinski definition) is 5. The molecule has 6 heteroatoms. The van der Waals surface area contributed by atoms with Gasteiger partial charge in [-0.15, -0.1) is 11.3 Å². The number of halogens is 1. The Kier molecular flexibility index (Phi) is 3.36. The zero-order valence-corrected chi connectivity index (χ0v) is 12.9. The first-order valence-electron chi connectivity index (χ1n) is 6.66. The largest absolute Gasteiger partial charge is 0.472 e. The van der Waals surface area contributed by atoms with E-state index in [2.05, 4.69) is 15.0 Å². The minimum Gasteiger partial charge on any atom is -0.472 e. The maximum absolute atomic E-state index is 6.24. The highest BCUT2D eigenvalue weighted by atomic mass is 35.5. The fourth-order valence-electron chi connectivity index (χ4n) is 2.27. The van der Waals surface area contributed by atoms with Crippen LogP contribution in [0.1, 0.15) is 5.56 Å². The number of thiophene rings is 1. The van der Waals surface area contributed by atoms with Crippen LogP contribution in [0.3, 0.4) is 0 Å². The Morgan fingerprint density at radius 3 is 3.00 bits per heavy atom. The maximum Gasteiger partial charge on any atom is 0.225 e. The molecule has 0 saturated carbocycles. The summed E-state index contributed by atoms with van der Waals surface area (Å²) < 4.78 is 5.82. The van der Waals surface area contributed by atoms with E-state index < -0.39 is 0 Å². The molecule has 0 bridgehead atoms. The third kappa shape index (κ3) is 2.38. The van der Waals surface area contributed by atoms with Crippen LogP contribution < -0.4 is 4.74 Å². The van der Waals surface area contributed by atoms with Crippen LogP contribution in [0.25, 0.3) is 21.1 Å². The van der Waals surface area contributed by atoms with Crippen LogP contribution in [0.15, 0.2) is 48.1 Å². The van der Waals surface area contributed by atoms with Crippen molar-refractivity contribution in [2.75, 3.05) is 0 Å². The van der Waals surface area contributed by atoms with Gasteiger partial charge in [0.2, 0.25) is 5.88 Å². The lowest BCUT2D eigenvalue weighted by molar-refractivity contribution is 0.297. The van der Waals surface area contributed by atoms with Crippen LogP contribution >= 0.6 is 22.9 Å². The Bertz CT molecular complexity index is 970. The second-order valence-corrected chi connectivity index (χ2v) is 5.99. The van der Waals surface area contributed by atoms with Crippen LogP contribution in [0.5, 0.6) is 5.88 Å². The van der Waals surface area contributed by atoms with E-state index in [9.17, 15) is 0 Å². The van der Waals surface area contributed by atoms with Gasteiger partial charge in [-0.05, 0) is 23.6 Å². The van der Waals surface area contributed by atoms with Crippen molar-refractivity contribution in [3.63, 3.8) is 0 Å². The molecule has 0 fully saturated rings. The summed E-state index contributed by atoms with van der Waals surface area (Å²) in [5.41, 5.74) is 1.71. The van der Waals surface area contributed by atoms with Crippen LogP contribution in [0.4, 0.5) is 0 Å². The van der Waals surface area contributed by atoms with Crippen molar-refractivity contribution in [3.8, 4) is 5.88 Å². The van der Waals surface area contributed by atoms with Crippen molar-refractivity contribution in [3.05, 3.63) is 58.8 Å². The Hall–Kier alpha value is -2.24. The van der Waals surface area contributed by atoms with E-state index in [1.807, 2.05) is 41.8 Å². The molecule has 3 aromatic heterocycles. The number of benzene rings is 1. The van der Waals surface area contributed by atoms with E-state index in [1.165, 1.54) is 6.33 Å². The van der Waals surface area contributed by atoms with Crippen LogP contribution in [0.2, 0.25) is 5.15 Å². The van der Waals surface area contributed by atoms with Gasteiger partial charge >= 0.3 is 0 Å². The lowest BCUT2D eigenvalue weighted by Crippen LogP contribution is -2.00. The topological polar surface area (TPSA) is 47.9 Å². The summed E-state index contributed by atoms with van der Waals surface area (Å²) in [5, 5.41) is 4.37. The second kappa shape index (κ2) is 5.51. The van der Waals surface area contributed by atoms with Gasteiger partial charge in [-0.3, -0.25) is 0 Å². The highest BCUT2D eigenvalue weighted by Gasteiger charge is 2.09. The van der Waals surface area contributed by atoms with Gasteiger partial charge in [-0.1, -0.05) is 29.8 Å². The van der Waals surface area contributed by atoms with Crippen molar-refractivity contribution in [2.45, 2.75) is 6.61 Å². The molecule has 4 aromatic rings. The predicted octanol–water partition coefficient (Wildman–Crippen LogP) is 4.47. The van der Waals surface area contributed by atoms with Gasteiger partial charge in [-0.2, -0.15) is 0 Å². The van der Waals surface area contributed by atoms with E-state index in [-0.39, 0.29) is 0 Å². The van der Waals surface area contributed by atoms with Crippen LogP contribution in [-0.2, 0) is 6.61 Å². The van der Waals surface area contributed by atoms with E-state index >= 15 is 0 Å². The summed E-state index contributed by atoms with van der Waals surface area (Å²) in [5.74, 6) is 0.565. The quantitative estimate of drug-likeness (QED) is 0.521. The summed E-state index contributed by atoms with van der Waals surface area (Å²) in [4.78, 5) is 13.7. The lowest BCUT2D eigenvalue weighted by atomic mass is 10.2. The third-order valence-corrected chi connectivity index (χ3v) is 4.49. The Morgan fingerprint density at radius 1 is 1.14 bits per heavy atom. The van der Waals surface area contributed by atoms with Crippen molar-refractivity contribution in [1.82, 2.24) is 15.0 Å². The average molecular weight is 328 g/mol. The molecule has 108 valence electrons. The molecule has 1 aromatic carbocycles. The molecule has 0 amide bonds. The van der Waals surface area contributed by atoms with E-state index in [4.69, 9.17) is 16.3 Å². The maximum atomic E-state index is 6.24. The summed E-state index contributed by atoms with van der Waals surface area (Å²) in [7, 11) is 0. The van der Waals surface area contributed by atoms with E-state index in [1.54, 1.807) is 11.3 Å². The number of para-hydroxylation sites is 1. The molecule has 4 rings (SSSR count). The fraction of sp³-hybridized carbons (Fsp3) is 0.0625. The van der Waals surface area contributed by atoms with Crippen LogP contribution in [-0.4, -0.2) is 15.0 Å². The zero-order chi connectivity index (χ0) is 14.9. The highest BCUT2D eigenvalue weighted by Crippen LogP contribution is 2.27. The zero-order valence-electron chi connectivity index (χ0n) is 11.4. The van der Waals surface area contributed by atoms with E-state index in [0.717, 1.165) is 26.7 Å².